The zero-order valence-electron chi connectivity index (χ0n) is 15.2. The Morgan fingerprint density at radius 3 is 2.28 bits per heavy atom. The van der Waals surface area contributed by atoms with Crippen LogP contribution in [0.1, 0.15) is 17.3 Å². The van der Waals surface area contributed by atoms with E-state index in [4.69, 9.17) is 34.8 Å². The van der Waals surface area contributed by atoms with Gasteiger partial charge in [0.25, 0.3) is 11.5 Å². The summed E-state index contributed by atoms with van der Waals surface area (Å²) in [4.78, 5) is 25.7. The molecule has 1 unspecified atom stereocenters. The molecule has 0 fully saturated rings. The number of amides is 1. The van der Waals surface area contributed by atoms with Gasteiger partial charge >= 0.3 is 0 Å². The van der Waals surface area contributed by atoms with Crippen LogP contribution in [0.3, 0.4) is 0 Å². The second kappa shape index (κ2) is 8.97. The minimum absolute atomic E-state index is 0.138. The van der Waals surface area contributed by atoms with Crippen LogP contribution in [-0.4, -0.2) is 33.4 Å². The third-order valence-electron chi connectivity index (χ3n) is 4.04. The van der Waals surface area contributed by atoms with Crippen LogP contribution in [0.2, 0.25) is 15.1 Å². The summed E-state index contributed by atoms with van der Waals surface area (Å²) in [5.41, 5.74) is 0.553. The van der Waals surface area contributed by atoms with Crippen molar-refractivity contribution in [2.75, 3.05) is 6.61 Å². The van der Waals surface area contributed by atoms with E-state index in [1.54, 1.807) is 31.2 Å². The molecule has 0 aliphatic heterocycles. The van der Waals surface area contributed by atoms with E-state index >= 15 is 0 Å². The molecule has 0 aliphatic carbocycles. The molecule has 2 aromatic carbocycles. The third-order valence-corrected chi connectivity index (χ3v) is 4.73. The molecule has 0 bridgehead atoms. The van der Waals surface area contributed by atoms with Gasteiger partial charge in [-0.25, -0.2) is 0 Å². The fourth-order valence-electron chi connectivity index (χ4n) is 2.60. The first-order valence-electron chi connectivity index (χ1n) is 8.57. The Kier molecular flexibility index (Phi) is 6.59. The summed E-state index contributed by atoms with van der Waals surface area (Å²) in [6.07, 6.45) is 0. The van der Waals surface area contributed by atoms with Crippen LogP contribution in [0.15, 0.2) is 53.3 Å². The number of nitrogens with one attached hydrogen (secondary N) is 1. The van der Waals surface area contributed by atoms with Crippen LogP contribution in [0.5, 0.6) is 0 Å². The van der Waals surface area contributed by atoms with Gasteiger partial charge in [0.05, 0.1) is 18.0 Å². The summed E-state index contributed by atoms with van der Waals surface area (Å²) in [6, 6.07) is 12.2. The number of nitrogens with zero attached hydrogens (tertiary/aromatic N) is 2. The lowest BCUT2D eigenvalue weighted by Gasteiger charge is -2.14. The van der Waals surface area contributed by atoms with Gasteiger partial charge < -0.3 is 10.4 Å². The Morgan fingerprint density at radius 2 is 1.69 bits per heavy atom. The van der Waals surface area contributed by atoms with E-state index in [1.807, 2.05) is 0 Å². The molecule has 1 atom stereocenters. The molecule has 6 nitrogen and oxygen atoms in total. The SMILES string of the molecule is CC(CO)NC(=O)c1cc(-c2ccc(Cl)cc2)nn(-c2cc(Cl)cc(Cl)c2)c1=O. The van der Waals surface area contributed by atoms with Gasteiger partial charge in [-0.3, -0.25) is 9.59 Å². The smallest absolute Gasteiger partial charge is 0.284 e. The number of aliphatic hydroxyl groups is 1. The van der Waals surface area contributed by atoms with E-state index in [0.717, 1.165) is 4.68 Å². The summed E-state index contributed by atoms with van der Waals surface area (Å²) in [7, 11) is 0. The lowest BCUT2D eigenvalue weighted by atomic mass is 10.1. The van der Waals surface area contributed by atoms with Gasteiger partial charge in [0, 0.05) is 26.7 Å². The third kappa shape index (κ3) is 4.97. The monoisotopic (exact) mass is 451 g/mol. The van der Waals surface area contributed by atoms with Crippen molar-refractivity contribution < 1.29 is 9.90 Å². The Bertz CT molecular complexity index is 1090. The summed E-state index contributed by atoms with van der Waals surface area (Å²) in [6.45, 7) is 1.35. The maximum Gasteiger partial charge on any atom is 0.284 e. The number of aliphatic hydroxyl groups excluding tert-OH is 1. The van der Waals surface area contributed by atoms with Crippen LogP contribution in [0, 0.1) is 0 Å². The average molecular weight is 453 g/mol. The Labute approximate surface area is 181 Å². The molecule has 3 rings (SSSR count). The van der Waals surface area contributed by atoms with E-state index < -0.39 is 17.5 Å². The molecule has 1 amide bonds. The zero-order chi connectivity index (χ0) is 21.1. The van der Waals surface area contributed by atoms with Crippen LogP contribution >= 0.6 is 34.8 Å². The van der Waals surface area contributed by atoms with E-state index in [9.17, 15) is 14.7 Å². The standard InChI is InChI=1S/C20H16Cl3N3O3/c1-11(10-27)24-19(28)17-9-18(12-2-4-13(21)5-3-12)25-26(20(17)29)16-7-14(22)6-15(23)8-16/h2-9,11,27H,10H2,1H3,(H,24,28). The van der Waals surface area contributed by atoms with Crippen molar-refractivity contribution in [1.82, 2.24) is 15.1 Å². The fourth-order valence-corrected chi connectivity index (χ4v) is 3.24. The maximum atomic E-state index is 13.0. The van der Waals surface area contributed by atoms with Gasteiger partial charge in [-0.05, 0) is 43.3 Å². The number of hydrogen-bond acceptors (Lipinski definition) is 4. The van der Waals surface area contributed by atoms with Crippen molar-refractivity contribution in [3.05, 3.63) is 79.5 Å². The minimum Gasteiger partial charge on any atom is -0.394 e. The van der Waals surface area contributed by atoms with E-state index in [2.05, 4.69) is 10.4 Å². The van der Waals surface area contributed by atoms with Crippen LogP contribution in [0.25, 0.3) is 16.9 Å². The van der Waals surface area contributed by atoms with Crippen LogP contribution < -0.4 is 10.9 Å². The first-order chi connectivity index (χ1) is 13.8. The fraction of sp³-hybridized carbons (Fsp3) is 0.150. The normalized spacial score (nSPS) is 11.9. The molecule has 29 heavy (non-hydrogen) atoms. The van der Waals surface area contributed by atoms with Crippen molar-refractivity contribution in [3.8, 4) is 16.9 Å². The first kappa shape index (κ1) is 21.3. The minimum atomic E-state index is -0.649. The Morgan fingerprint density at radius 1 is 1.07 bits per heavy atom. The highest BCUT2D eigenvalue weighted by Gasteiger charge is 2.19. The number of carbonyl (C=O) groups excluding carboxylic acids is 1. The predicted octanol–water partition coefficient (Wildman–Crippen LogP) is 3.97. The van der Waals surface area contributed by atoms with Crippen molar-refractivity contribution in [1.29, 1.82) is 0 Å². The quantitative estimate of drug-likeness (QED) is 0.613. The second-order valence-electron chi connectivity index (χ2n) is 6.35. The molecule has 9 heteroatoms. The van der Waals surface area contributed by atoms with Crippen LogP contribution in [0.4, 0.5) is 0 Å². The molecule has 150 valence electrons. The zero-order valence-corrected chi connectivity index (χ0v) is 17.5. The number of benzene rings is 2. The molecule has 0 saturated carbocycles. The summed E-state index contributed by atoms with van der Waals surface area (Å²) in [5, 5.41) is 17.3. The number of hydrogen-bond donors (Lipinski definition) is 2. The molecular weight excluding hydrogens is 437 g/mol. The molecule has 0 spiro atoms. The van der Waals surface area contributed by atoms with Crippen molar-refractivity contribution in [2.24, 2.45) is 0 Å². The number of aromatic nitrogens is 2. The van der Waals surface area contributed by atoms with Gasteiger partial charge in [0.2, 0.25) is 0 Å². The first-order valence-corrected chi connectivity index (χ1v) is 9.70. The molecule has 0 aliphatic rings. The summed E-state index contributed by atoms with van der Waals surface area (Å²) >= 11 is 18.1. The van der Waals surface area contributed by atoms with Gasteiger partial charge in [-0.2, -0.15) is 9.78 Å². The average Bonchev–Trinajstić information content (AvgIpc) is 2.67. The van der Waals surface area contributed by atoms with Gasteiger partial charge in [-0.1, -0.05) is 46.9 Å². The number of halogens is 3. The molecule has 3 aromatic rings. The van der Waals surface area contributed by atoms with Crippen molar-refractivity contribution >= 4 is 40.7 Å². The highest BCUT2D eigenvalue weighted by molar-refractivity contribution is 6.34. The van der Waals surface area contributed by atoms with E-state index in [-0.39, 0.29) is 12.2 Å². The number of carbonyl (C=O) groups is 1. The van der Waals surface area contributed by atoms with Crippen LogP contribution in [-0.2, 0) is 0 Å². The highest BCUT2D eigenvalue weighted by Crippen LogP contribution is 2.23. The molecule has 1 heterocycles. The molecular formula is C20H16Cl3N3O3. The highest BCUT2D eigenvalue weighted by atomic mass is 35.5. The lowest BCUT2D eigenvalue weighted by molar-refractivity contribution is 0.0920. The van der Waals surface area contributed by atoms with Crippen molar-refractivity contribution in [3.63, 3.8) is 0 Å². The van der Waals surface area contributed by atoms with E-state index in [1.165, 1.54) is 24.3 Å². The molecule has 1 aromatic heterocycles. The predicted molar refractivity (Wildman–Crippen MR) is 114 cm³/mol. The topological polar surface area (TPSA) is 84.2 Å². The van der Waals surface area contributed by atoms with Crippen molar-refractivity contribution in [2.45, 2.75) is 13.0 Å². The lowest BCUT2D eigenvalue weighted by Crippen LogP contribution is -2.39. The summed E-state index contributed by atoms with van der Waals surface area (Å²) < 4.78 is 1.07. The second-order valence-corrected chi connectivity index (χ2v) is 7.66. The molecule has 2 N–H and O–H groups in total. The Balaban J connectivity index is 2.22. The van der Waals surface area contributed by atoms with Gasteiger partial charge in [-0.15, -0.1) is 0 Å². The van der Waals surface area contributed by atoms with Gasteiger partial charge in [0.15, 0.2) is 0 Å². The summed E-state index contributed by atoms with van der Waals surface area (Å²) in [5.74, 6) is -0.629. The number of rotatable bonds is 5. The molecule has 0 radical (unpaired) electrons. The Hall–Kier alpha value is -2.38. The van der Waals surface area contributed by atoms with E-state index in [0.29, 0.717) is 32.0 Å². The maximum absolute atomic E-state index is 13.0. The van der Waals surface area contributed by atoms with Gasteiger partial charge in [0.1, 0.15) is 5.56 Å². The largest absolute Gasteiger partial charge is 0.394 e. The molecule has 0 saturated heterocycles.